The van der Waals surface area contributed by atoms with Gasteiger partial charge in [-0.3, -0.25) is 4.79 Å². The van der Waals surface area contributed by atoms with E-state index in [4.69, 9.17) is 4.74 Å². The van der Waals surface area contributed by atoms with E-state index in [0.717, 1.165) is 23.4 Å². The van der Waals surface area contributed by atoms with Crippen LogP contribution in [-0.4, -0.2) is 13.0 Å². The number of carbonyl (C=O) groups excluding carboxylic acids is 1. The van der Waals surface area contributed by atoms with Crippen LogP contribution in [0.5, 0.6) is 5.75 Å². The van der Waals surface area contributed by atoms with Crippen molar-refractivity contribution in [3.8, 4) is 5.75 Å². The van der Waals surface area contributed by atoms with E-state index in [0.29, 0.717) is 0 Å². The van der Waals surface area contributed by atoms with Gasteiger partial charge in [-0.05, 0) is 42.8 Å². The van der Waals surface area contributed by atoms with Crippen LogP contribution in [0.2, 0.25) is 0 Å². The van der Waals surface area contributed by atoms with Crippen molar-refractivity contribution in [3.05, 3.63) is 65.2 Å². The quantitative estimate of drug-likeness (QED) is 0.936. The molecule has 0 aliphatic rings. The molecule has 0 saturated heterocycles. The SMILES string of the molecule is COc1ccc([C@@H](C)NC(=O)c2ccc(F)c(F)c2)cc1. The topological polar surface area (TPSA) is 38.3 Å². The van der Waals surface area contributed by atoms with Gasteiger partial charge in [0.25, 0.3) is 5.91 Å². The first-order valence-corrected chi connectivity index (χ1v) is 6.41. The van der Waals surface area contributed by atoms with Crippen molar-refractivity contribution >= 4 is 5.91 Å². The fourth-order valence-electron chi connectivity index (χ4n) is 1.89. The molecule has 110 valence electrons. The minimum absolute atomic E-state index is 0.0780. The normalized spacial score (nSPS) is 11.8. The molecule has 1 atom stereocenters. The predicted octanol–water partition coefficient (Wildman–Crippen LogP) is 3.46. The van der Waals surface area contributed by atoms with Gasteiger partial charge in [-0.1, -0.05) is 12.1 Å². The zero-order valence-electron chi connectivity index (χ0n) is 11.7. The molecule has 1 N–H and O–H groups in total. The van der Waals surface area contributed by atoms with Gasteiger partial charge in [0.05, 0.1) is 13.2 Å². The summed E-state index contributed by atoms with van der Waals surface area (Å²) in [6, 6.07) is 10.0. The summed E-state index contributed by atoms with van der Waals surface area (Å²) < 4.78 is 31.0. The van der Waals surface area contributed by atoms with Crippen molar-refractivity contribution in [1.29, 1.82) is 0 Å². The number of carbonyl (C=O) groups is 1. The fourth-order valence-corrected chi connectivity index (χ4v) is 1.89. The maximum Gasteiger partial charge on any atom is 0.251 e. The molecule has 3 nitrogen and oxygen atoms in total. The highest BCUT2D eigenvalue weighted by molar-refractivity contribution is 5.94. The Morgan fingerprint density at radius 3 is 2.33 bits per heavy atom. The summed E-state index contributed by atoms with van der Waals surface area (Å²) in [5, 5.41) is 2.73. The van der Waals surface area contributed by atoms with Gasteiger partial charge in [-0.15, -0.1) is 0 Å². The number of hydrogen-bond donors (Lipinski definition) is 1. The van der Waals surface area contributed by atoms with Crippen molar-refractivity contribution < 1.29 is 18.3 Å². The number of ether oxygens (including phenoxy) is 1. The van der Waals surface area contributed by atoms with Crippen LogP contribution in [-0.2, 0) is 0 Å². The Kier molecular flexibility index (Phi) is 4.52. The first-order chi connectivity index (χ1) is 10.0. The number of rotatable bonds is 4. The highest BCUT2D eigenvalue weighted by Gasteiger charge is 2.13. The zero-order valence-corrected chi connectivity index (χ0v) is 11.7. The molecule has 0 aliphatic heterocycles. The number of nitrogens with one attached hydrogen (secondary N) is 1. The molecule has 2 rings (SSSR count). The molecule has 2 aromatic rings. The summed E-state index contributed by atoms with van der Waals surface area (Å²) in [4.78, 5) is 12.0. The number of methoxy groups -OCH3 is 1. The van der Waals surface area contributed by atoms with Crippen LogP contribution >= 0.6 is 0 Å². The lowest BCUT2D eigenvalue weighted by molar-refractivity contribution is 0.0939. The van der Waals surface area contributed by atoms with Crippen LogP contribution in [0.25, 0.3) is 0 Å². The predicted molar refractivity (Wildman–Crippen MR) is 75.2 cm³/mol. The monoisotopic (exact) mass is 291 g/mol. The first-order valence-electron chi connectivity index (χ1n) is 6.41. The lowest BCUT2D eigenvalue weighted by Crippen LogP contribution is -2.26. The average Bonchev–Trinajstić information content (AvgIpc) is 2.50. The molecule has 0 aromatic heterocycles. The molecule has 5 heteroatoms. The van der Waals surface area contributed by atoms with Gasteiger partial charge >= 0.3 is 0 Å². The molecule has 1 amide bonds. The largest absolute Gasteiger partial charge is 0.497 e. The van der Waals surface area contributed by atoms with E-state index < -0.39 is 17.5 Å². The van der Waals surface area contributed by atoms with Gasteiger partial charge in [0.15, 0.2) is 11.6 Å². The molecule has 0 aliphatic carbocycles. The van der Waals surface area contributed by atoms with Crippen LogP contribution in [0, 0.1) is 11.6 Å². The van der Waals surface area contributed by atoms with Gasteiger partial charge in [0, 0.05) is 5.56 Å². The van der Waals surface area contributed by atoms with Crippen molar-refractivity contribution in [2.75, 3.05) is 7.11 Å². The second-order valence-electron chi connectivity index (χ2n) is 4.60. The fraction of sp³-hybridized carbons (Fsp3) is 0.188. The Labute approximate surface area is 121 Å². The molecule has 0 fully saturated rings. The van der Waals surface area contributed by atoms with E-state index in [1.54, 1.807) is 26.2 Å². The Morgan fingerprint density at radius 2 is 1.76 bits per heavy atom. The van der Waals surface area contributed by atoms with E-state index in [2.05, 4.69) is 5.32 Å². The van der Waals surface area contributed by atoms with Crippen molar-refractivity contribution in [1.82, 2.24) is 5.32 Å². The summed E-state index contributed by atoms with van der Waals surface area (Å²) in [6.45, 7) is 1.81. The van der Waals surface area contributed by atoms with Crippen molar-refractivity contribution in [2.45, 2.75) is 13.0 Å². The summed E-state index contributed by atoms with van der Waals surface area (Å²) in [5.41, 5.74) is 0.959. The number of amides is 1. The standard InChI is InChI=1S/C16H15F2NO2/c1-10(11-3-6-13(21-2)7-4-11)19-16(20)12-5-8-14(17)15(18)9-12/h3-10H,1-2H3,(H,19,20)/t10-/m1/s1. The smallest absolute Gasteiger partial charge is 0.251 e. The van der Waals surface area contributed by atoms with Gasteiger partial charge in [0.2, 0.25) is 0 Å². The average molecular weight is 291 g/mol. The Bertz CT molecular complexity index is 641. The Balaban J connectivity index is 2.08. The van der Waals surface area contributed by atoms with Crippen molar-refractivity contribution in [2.24, 2.45) is 0 Å². The van der Waals surface area contributed by atoms with Gasteiger partial charge in [0.1, 0.15) is 5.75 Å². The molecule has 0 saturated carbocycles. The lowest BCUT2D eigenvalue weighted by Gasteiger charge is -2.15. The van der Waals surface area contributed by atoms with E-state index in [9.17, 15) is 13.6 Å². The second-order valence-corrected chi connectivity index (χ2v) is 4.60. The minimum Gasteiger partial charge on any atom is -0.497 e. The van der Waals surface area contributed by atoms with E-state index >= 15 is 0 Å². The first kappa shape index (κ1) is 15.0. The van der Waals surface area contributed by atoms with E-state index in [1.165, 1.54) is 6.07 Å². The third-order valence-corrected chi connectivity index (χ3v) is 3.15. The van der Waals surface area contributed by atoms with Gasteiger partial charge in [-0.25, -0.2) is 8.78 Å². The molecule has 0 radical (unpaired) electrons. The van der Waals surface area contributed by atoms with Gasteiger partial charge < -0.3 is 10.1 Å². The molecule has 0 spiro atoms. The molecular formula is C16H15F2NO2. The van der Waals surface area contributed by atoms with Crippen LogP contribution in [0.1, 0.15) is 28.9 Å². The van der Waals surface area contributed by atoms with Crippen LogP contribution in [0.15, 0.2) is 42.5 Å². The maximum atomic E-state index is 13.1. The molecule has 0 bridgehead atoms. The van der Waals surface area contributed by atoms with Crippen molar-refractivity contribution in [3.63, 3.8) is 0 Å². The highest BCUT2D eigenvalue weighted by Crippen LogP contribution is 2.18. The minimum atomic E-state index is -1.04. The Hall–Kier alpha value is -2.43. The molecule has 0 unspecified atom stereocenters. The second kappa shape index (κ2) is 6.35. The molecule has 21 heavy (non-hydrogen) atoms. The van der Waals surface area contributed by atoms with Crippen LogP contribution in [0.4, 0.5) is 8.78 Å². The summed E-state index contributed by atoms with van der Waals surface area (Å²) >= 11 is 0. The van der Waals surface area contributed by atoms with Gasteiger partial charge in [-0.2, -0.15) is 0 Å². The third-order valence-electron chi connectivity index (χ3n) is 3.15. The highest BCUT2D eigenvalue weighted by atomic mass is 19.2. The third kappa shape index (κ3) is 3.56. The number of halogens is 2. The van der Waals surface area contributed by atoms with Crippen LogP contribution in [0.3, 0.4) is 0 Å². The molecule has 2 aromatic carbocycles. The summed E-state index contributed by atoms with van der Waals surface area (Å²) in [5.74, 6) is -1.76. The molecule has 0 heterocycles. The number of benzene rings is 2. The molecular weight excluding hydrogens is 276 g/mol. The number of hydrogen-bond acceptors (Lipinski definition) is 2. The summed E-state index contributed by atoms with van der Waals surface area (Å²) in [6.07, 6.45) is 0. The summed E-state index contributed by atoms with van der Waals surface area (Å²) in [7, 11) is 1.57. The Morgan fingerprint density at radius 1 is 1.10 bits per heavy atom. The van der Waals surface area contributed by atoms with E-state index in [1.807, 2.05) is 12.1 Å². The zero-order chi connectivity index (χ0) is 15.4. The van der Waals surface area contributed by atoms with E-state index in [-0.39, 0.29) is 11.6 Å². The lowest BCUT2D eigenvalue weighted by atomic mass is 10.1. The van der Waals surface area contributed by atoms with Crippen LogP contribution < -0.4 is 10.1 Å². The maximum absolute atomic E-state index is 13.1.